The highest BCUT2D eigenvalue weighted by atomic mass is 35.5. The smallest absolute Gasteiger partial charge is 0.255 e. The van der Waals surface area contributed by atoms with Gasteiger partial charge in [-0.25, -0.2) is 4.98 Å². The van der Waals surface area contributed by atoms with Crippen LogP contribution in [0, 0.1) is 0 Å². The number of pyridine rings is 1. The second-order valence-electron chi connectivity index (χ2n) is 4.77. The maximum Gasteiger partial charge on any atom is 0.255 e. The van der Waals surface area contributed by atoms with E-state index in [4.69, 9.17) is 11.6 Å². The molecule has 0 saturated carbocycles. The number of nitrogens with one attached hydrogen (secondary N) is 1. The Bertz CT molecular complexity index is 473. The summed E-state index contributed by atoms with van der Waals surface area (Å²) in [5.41, 5.74) is 0.521. The van der Waals surface area contributed by atoms with E-state index in [0.717, 1.165) is 13.1 Å². The number of hydrogen-bond donors (Lipinski definition) is 1. The number of hydrogen-bond acceptors (Lipinski definition) is 4. The first-order chi connectivity index (χ1) is 9.01. The van der Waals surface area contributed by atoms with Crippen LogP contribution in [0.5, 0.6) is 0 Å². The molecule has 19 heavy (non-hydrogen) atoms. The average Bonchev–Trinajstić information content (AvgIpc) is 2.37. The summed E-state index contributed by atoms with van der Waals surface area (Å²) in [6.07, 6.45) is 1.52. The summed E-state index contributed by atoms with van der Waals surface area (Å²) < 4.78 is 0. The molecule has 1 fully saturated rings. The van der Waals surface area contributed by atoms with E-state index in [0.29, 0.717) is 26.9 Å². The van der Waals surface area contributed by atoms with Crippen molar-refractivity contribution in [1.82, 2.24) is 9.88 Å². The molecule has 1 amide bonds. The first kappa shape index (κ1) is 14.5. The molecule has 4 nitrogen and oxygen atoms in total. The quantitative estimate of drug-likeness (QED) is 0.912. The van der Waals surface area contributed by atoms with Crippen molar-refractivity contribution in [1.29, 1.82) is 0 Å². The van der Waals surface area contributed by atoms with Crippen LogP contribution >= 0.6 is 23.4 Å². The second-order valence-corrected chi connectivity index (χ2v) is 7.06. The minimum absolute atomic E-state index is 0.0112. The molecule has 104 valence electrons. The zero-order chi connectivity index (χ0) is 14.0. The average molecular weight is 300 g/mol. The van der Waals surface area contributed by atoms with E-state index in [1.54, 1.807) is 13.1 Å². The third-order valence-electron chi connectivity index (χ3n) is 3.05. The van der Waals surface area contributed by atoms with Gasteiger partial charge in [-0.15, -0.1) is 0 Å². The van der Waals surface area contributed by atoms with E-state index < -0.39 is 0 Å². The SMILES string of the molecule is CNc1cc(C(=O)N2CC(C)SC(C)C2)c(Cl)cn1. The Labute approximate surface area is 122 Å². The minimum Gasteiger partial charge on any atom is -0.373 e. The van der Waals surface area contributed by atoms with Gasteiger partial charge < -0.3 is 10.2 Å². The van der Waals surface area contributed by atoms with E-state index >= 15 is 0 Å². The Morgan fingerprint density at radius 2 is 2.11 bits per heavy atom. The molecular formula is C13H18ClN3OS. The third kappa shape index (κ3) is 3.34. The molecule has 1 N–H and O–H groups in total. The van der Waals surface area contributed by atoms with E-state index in [-0.39, 0.29) is 5.91 Å². The van der Waals surface area contributed by atoms with Crippen LogP contribution < -0.4 is 5.32 Å². The van der Waals surface area contributed by atoms with Crippen LogP contribution in [0.15, 0.2) is 12.3 Å². The number of thioether (sulfide) groups is 1. The lowest BCUT2D eigenvalue weighted by molar-refractivity contribution is 0.0753. The summed E-state index contributed by atoms with van der Waals surface area (Å²) in [7, 11) is 1.77. The van der Waals surface area contributed by atoms with E-state index in [9.17, 15) is 4.79 Å². The third-order valence-corrected chi connectivity index (χ3v) is 4.58. The Morgan fingerprint density at radius 1 is 1.47 bits per heavy atom. The van der Waals surface area contributed by atoms with Crippen LogP contribution in [-0.2, 0) is 0 Å². The molecule has 0 radical (unpaired) electrons. The molecule has 1 aromatic rings. The summed E-state index contributed by atoms with van der Waals surface area (Å²) in [5, 5.41) is 4.24. The van der Waals surface area contributed by atoms with Gasteiger partial charge in [-0.2, -0.15) is 11.8 Å². The highest BCUT2D eigenvalue weighted by Gasteiger charge is 2.27. The molecule has 2 unspecified atom stereocenters. The van der Waals surface area contributed by atoms with Crippen molar-refractivity contribution < 1.29 is 4.79 Å². The van der Waals surface area contributed by atoms with Crippen molar-refractivity contribution in [2.45, 2.75) is 24.3 Å². The fourth-order valence-electron chi connectivity index (χ4n) is 2.25. The van der Waals surface area contributed by atoms with Crippen molar-refractivity contribution in [2.24, 2.45) is 0 Å². The molecule has 0 spiro atoms. The van der Waals surface area contributed by atoms with E-state index in [1.165, 1.54) is 6.20 Å². The highest BCUT2D eigenvalue weighted by molar-refractivity contribution is 8.00. The van der Waals surface area contributed by atoms with Crippen LogP contribution in [0.3, 0.4) is 0 Å². The summed E-state index contributed by atoms with van der Waals surface area (Å²) >= 11 is 8.01. The fraction of sp³-hybridized carbons (Fsp3) is 0.538. The minimum atomic E-state index is -0.0112. The normalized spacial score (nSPS) is 23.3. The van der Waals surface area contributed by atoms with Gasteiger partial charge in [0.05, 0.1) is 10.6 Å². The summed E-state index contributed by atoms with van der Waals surface area (Å²) in [4.78, 5) is 18.5. The number of halogens is 1. The van der Waals surface area contributed by atoms with Crippen molar-refractivity contribution >= 4 is 35.1 Å². The summed E-state index contributed by atoms with van der Waals surface area (Å²) in [6.45, 7) is 5.82. The van der Waals surface area contributed by atoms with Crippen molar-refractivity contribution in [2.75, 3.05) is 25.5 Å². The molecule has 1 aliphatic rings. The van der Waals surface area contributed by atoms with Gasteiger partial charge in [0.25, 0.3) is 5.91 Å². The first-order valence-corrected chi connectivity index (χ1v) is 7.61. The summed E-state index contributed by atoms with van der Waals surface area (Å²) in [6, 6.07) is 1.71. The van der Waals surface area contributed by atoms with Crippen molar-refractivity contribution in [3.8, 4) is 0 Å². The Morgan fingerprint density at radius 3 is 2.68 bits per heavy atom. The number of carbonyl (C=O) groups is 1. The Kier molecular flexibility index (Phi) is 4.58. The molecule has 1 aromatic heterocycles. The molecule has 0 aliphatic carbocycles. The fourth-order valence-corrected chi connectivity index (χ4v) is 3.76. The first-order valence-electron chi connectivity index (χ1n) is 6.29. The van der Waals surface area contributed by atoms with Gasteiger partial charge in [0, 0.05) is 36.8 Å². The predicted octanol–water partition coefficient (Wildman–Crippen LogP) is 2.74. The number of aromatic nitrogens is 1. The molecule has 1 saturated heterocycles. The lowest BCUT2D eigenvalue weighted by Crippen LogP contribution is -2.44. The molecule has 0 bridgehead atoms. The topological polar surface area (TPSA) is 45.2 Å². The molecule has 6 heteroatoms. The zero-order valence-corrected chi connectivity index (χ0v) is 12.9. The highest BCUT2D eigenvalue weighted by Crippen LogP contribution is 2.27. The van der Waals surface area contributed by atoms with Crippen LogP contribution in [0.4, 0.5) is 5.82 Å². The van der Waals surface area contributed by atoms with Gasteiger partial charge in [-0.1, -0.05) is 25.4 Å². The summed E-state index contributed by atoms with van der Waals surface area (Å²) in [5.74, 6) is 0.642. The van der Waals surface area contributed by atoms with Gasteiger partial charge in [-0.05, 0) is 6.07 Å². The van der Waals surface area contributed by atoms with Crippen LogP contribution in [0.1, 0.15) is 24.2 Å². The molecule has 2 heterocycles. The van der Waals surface area contributed by atoms with Crippen molar-refractivity contribution in [3.05, 3.63) is 22.8 Å². The Balaban J connectivity index is 2.23. The maximum absolute atomic E-state index is 12.6. The largest absolute Gasteiger partial charge is 0.373 e. The zero-order valence-electron chi connectivity index (χ0n) is 11.3. The second kappa shape index (κ2) is 6.01. The molecule has 0 aromatic carbocycles. The lowest BCUT2D eigenvalue weighted by Gasteiger charge is -2.34. The van der Waals surface area contributed by atoms with Crippen LogP contribution in [0.2, 0.25) is 5.02 Å². The molecule has 2 atom stereocenters. The number of nitrogens with zero attached hydrogens (tertiary/aromatic N) is 2. The van der Waals surface area contributed by atoms with E-state index in [2.05, 4.69) is 24.1 Å². The molecule has 1 aliphatic heterocycles. The maximum atomic E-state index is 12.6. The lowest BCUT2D eigenvalue weighted by atomic mass is 10.2. The number of amides is 1. The van der Waals surface area contributed by atoms with Crippen molar-refractivity contribution in [3.63, 3.8) is 0 Å². The predicted molar refractivity (Wildman–Crippen MR) is 81.2 cm³/mol. The van der Waals surface area contributed by atoms with Gasteiger partial charge in [0.15, 0.2) is 0 Å². The number of rotatable bonds is 2. The van der Waals surface area contributed by atoms with E-state index in [1.807, 2.05) is 16.7 Å². The van der Waals surface area contributed by atoms with Crippen LogP contribution in [0.25, 0.3) is 0 Å². The van der Waals surface area contributed by atoms with Gasteiger partial charge in [0.2, 0.25) is 0 Å². The van der Waals surface area contributed by atoms with Gasteiger partial charge >= 0.3 is 0 Å². The molecular weight excluding hydrogens is 282 g/mol. The van der Waals surface area contributed by atoms with Gasteiger partial charge in [-0.3, -0.25) is 4.79 Å². The standard InChI is InChI=1S/C13H18ClN3OS/c1-8-6-17(7-9(2)19-8)13(18)10-4-12(15-3)16-5-11(10)14/h4-5,8-9H,6-7H2,1-3H3,(H,15,16). The monoisotopic (exact) mass is 299 g/mol. The molecule has 2 rings (SSSR count). The van der Waals surface area contributed by atoms with Crippen LogP contribution in [-0.4, -0.2) is 46.4 Å². The number of carbonyl (C=O) groups excluding carboxylic acids is 1. The van der Waals surface area contributed by atoms with Gasteiger partial charge in [0.1, 0.15) is 5.82 Å². The Hall–Kier alpha value is -0.940. The number of anilines is 1.